The molecule has 0 aliphatic carbocycles. The molecule has 0 aliphatic heterocycles. The average Bonchev–Trinajstić information content (AvgIpc) is 2.37. The van der Waals surface area contributed by atoms with Crippen LogP contribution >= 0.6 is 11.6 Å². The summed E-state index contributed by atoms with van der Waals surface area (Å²) in [6.45, 7) is 0. The van der Waals surface area contributed by atoms with Gasteiger partial charge in [0.2, 0.25) is 0 Å². The minimum Gasteiger partial charge on any atom is -0.494 e. The Morgan fingerprint density at radius 3 is 2.52 bits per heavy atom. The van der Waals surface area contributed by atoms with E-state index in [9.17, 15) is 12.8 Å². The molecular formula is C13H12ClFN2O3S. The van der Waals surface area contributed by atoms with Gasteiger partial charge in [-0.3, -0.25) is 4.72 Å². The number of nitrogen functional groups attached to an aromatic ring is 1. The molecule has 0 fully saturated rings. The predicted octanol–water partition coefficient (Wildman–Crippen LogP) is 2.87. The van der Waals surface area contributed by atoms with E-state index in [1.165, 1.54) is 37.4 Å². The summed E-state index contributed by atoms with van der Waals surface area (Å²) in [6.07, 6.45) is 0. The first-order valence-electron chi connectivity index (χ1n) is 5.75. The summed E-state index contributed by atoms with van der Waals surface area (Å²) in [5.74, 6) is -0.661. The van der Waals surface area contributed by atoms with Gasteiger partial charge in [0, 0.05) is 11.1 Å². The highest BCUT2D eigenvalue weighted by atomic mass is 35.5. The van der Waals surface area contributed by atoms with E-state index in [0.29, 0.717) is 5.02 Å². The van der Waals surface area contributed by atoms with Crippen molar-refractivity contribution in [3.8, 4) is 5.75 Å². The van der Waals surface area contributed by atoms with Crippen LogP contribution in [0.1, 0.15) is 0 Å². The highest BCUT2D eigenvalue weighted by Gasteiger charge is 2.18. The lowest BCUT2D eigenvalue weighted by Gasteiger charge is -2.11. The molecule has 3 N–H and O–H groups in total. The van der Waals surface area contributed by atoms with E-state index < -0.39 is 15.8 Å². The highest BCUT2D eigenvalue weighted by Crippen LogP contribution is 2.26. The van der Waals surface area contributed by atoms with Crippen LogP contribution in [-0.4, -0.2) is 15.5 Å². The van der Waals surface area contributed by atoms with Crippen LogP contribution in [0.25, 0.3) is 0 Å². The van der Waals surface area contributed by atoms with Crippen molar-refractivity contribution >= 4 is 33.0 Å². The van der Waals surface area contributed by atoms with E-state index in [2.05, 4.69) is 4.72 Å². The molecule has 0 heterocycles. The Bertz CT molecular complexity index is 781. The second-order valence-corrected chi connectivity index (χ2v) is 6.22. The van der Waals surface area contributed by atoms with Gasteiger partial charge in [-0.25, -0.2) is 12.8 Å². The Labute approximate surface area is 126 Å². The number of benzene rings is 2. The van der Waals surface area contributed by atoms with E-state index in [1.54, 1.807) is 0 Å². The number of halogens is 2. The van der Waals surface area contributed by atoms with E-state index >= 15 is 0 Å². The van der Waals surface area contributed by atoms with Gasteiger partial charge in [0.15, 0.2) is 11.6 Å². The maximum atomic E-state index is 13.6. The van der Waals surface area contributed by atoms with Gasteiger partial charge in [0.1, 0.15) is 4.90 Å². The molecule has 0 radical (unpaired) electrons. The third kappa shape index (κ3) is 3.37. The summed E-state index contributed by atoms with van der Waals surface area (Å²) in [6, 6.07) is 7.72. The smallest absolute Gasteiger partial charge is 0.263 e. The number of rotatable bonds is 4. The summed E-state index contributed by atoms with van der Waals surface area (Å²) in [5, 5.41) is 0.321. The summed E-state index contributed by atoms with van der Waals surface area (Å²) in [4.78, 5) is -0.136. The number of anilines is 2. The zero-order chi connectivity index (χ0) is 15.6. The molecule has 0 aliphatic rings. The van der Waals surface area contributed by atoms with E-state index in [-0.39, 0.29) is 22.0 Å². The maximum absolute atomic E-state index is 13.6. The predicted molar refractivity (Wildman–Crippen MR) is 79.6 cm³/mol. The number of ether oxygens (including phenoxy) is 1. The summed E-state index contributed by atoms with van der Waals surface area (Å²) < 4.78 is 45.0. The van der Waals surface area contributed by atoms with Crippen LogP contribution in [-0.2, 0) is 10.0 Å². The minimum absolute atomic E-state index is 0.00369. The van der Waals surface area contributed by atoms with E-state index in [1.807, 2.05) is 0 Å². The fraction of sp³-hybridized carbons (Fsp3) is 0.0769. The molecule has 0 atom stereocenters. The van der Waals surface area contributed by atoms with Gasteiger partial charge in [-0.2, -0.15) is 0 Å². The molecular weight excluding hydrogens is 319 g/mol. The van der Waals surface area contributed by atoms with Gasteiger partial charge in [0.25, 0.3) is 10.0 Å². The first kappa shape index (κ1) is 15.4. The highest BCUT2D eigenvalue weighted by molar-refractivity contribution is 7.92. The SMILES string of the molecule is COc1ccc(NS(=O)(=O)c2ccc(Cl)cc2N)cc1F. The molecule has 21 heavy (non-hydrogen) atoms. The fourth-order valence-electron chi connectivity index (χ4n) is 1.70. The monoisotopic (exact) mass is 330 g/mol. The molecule has 0 bridgehead atoms. The minimum atomic E-state index is -3.94. The second-order valence-electron chi connectivity index (χ2n) is 4.14. The average molecular weight is 331 g/mol. The maximum Gasteiger partial charge on any atom is 0.263 e. The third-order valence-electron chi connectivity index (χ3n) is 2.67. The van der Waals surface area contributed by atoms with Gasteiger partial charge < -0.3 is 10.5 Å². The number of hydrogen-bond donors (Lipinski definition) is 2. The van der Waals surface area contributed by atoms with Crippen molar-refractivity contribution in [1.82, 2.24) is 0 Å². The number of nitrogens with two attached hydrogens (primary N) is 1. The molecule has 2 aromatic rings. The van der Waals surface area contributed by atoms with Crippen molar-refractivity contribution < 1.29 is 17.5 Å². The topological polar surface area (TPSA) is 81.4 Å². The molecule has 0 amide bonds. The molecule has 0 saturated heterocycles. The molecule has 0 unspecified atom stereocenters. The Morgan fingerprint density at radius 2 is 1.95 bits per heavy atom. The van der Waals surface area contributed by atoms with E-state index in [4.69, 9.17) is 22.1 Å². The molecule has 8 heteroatoms. The molecule has 2 aromatic carbocycles. The van der Waals surface area contributed by atoms with Crippen LogP contribution in [0.3, 0.4) is 0 Å². The standard InChI is InChI=1S/C13H12ClFN2O3S/c1-20-12-4-3-9(7-10(12)15)17-21(18,19)13-5-2-8(14)6-11(13)16/h2-7,17H,16H2,1H3. The number of methoxy groups -OCH3 is 1. The number of nitrogens with one attached hydrogen (secondary N) is 1. The Balaban J connectivity index is 2.35. The first-order valence-corrected chi connectivity index (χ1v) is 7.61. The third-order valence-corrected chi connectivity index (χ3v) is 4.36. The summed E-state index contributed by atoms with van der Waals surface area (Å²) in [7, 11) is -2.62. The van der Waals surface area contributed by atoms with Crippen molar-refractivity contribution in [2.75, 3.05) is 17.6 Å². The molecule has 112 valence electrons. The first-order chi connectivity index (χ1) is 9.83. The van der Waals surface area contributed by atoms with E-state index in [0.717, 1.165) is 6.07 Å². The van der Waals surface area contributed by atoms with Crippen LogP contribution in [0.4, 0.5) is 15.8 Å². The van der Waals surface area contributed by atoms with Crippen LogP contribution in [0.15, 0.2) is 41.3 Å². The lowest BCUT2D eigenvalue weighted by atomic mass is 10.3. The van der Waals surface area contributed by atoms with Crippen molar-refractivity contribution in [3.63, 3.8) is 0 Å². The molecule has 0 spiro atoms. The zero-order valence-corrected chi connectivity index (χ0v) is 12.5. The van der Waals surface area contributed by atoms with Crippen LogP contribution in [0.5, 0.6) is 5.75 Å². The number of hydrogen-bond acceptors (Lipinski definition) is 4. The van der Waals surface area contributed by atoms with Gasteiger partial charge >= 0.3 is 0 Å². The van der Waals surface area contributed by atoms with Crippen molar-refractivity contribution in [3.05, 3.63) is 47.2 Å². The molecule has 0 aromatic heterocycles. The normalized spacial score (nSPS) is 11.2. The Hall–Kier alpha value is -1.99. The van der Waals surface area contributed by atoms with Gasteiger partial charge in [-0.05, 0) is 30.3 Å². The van der Waals surface area contributed by atoms with Gasteiger partial charge in [0.05, 0.1) is 18.5 Å². The number of sulfonamides is 1. The van der Waals surface area contributed by atoms with Crippen LogP contribution in [0.2, 0.25) is 5.02 Å². The van der Waals surface area contributed by atoms with Gasteiger partial charge in [-0.1, -0.05) is 11.6 Å². The molecule has 5 nitrogen and oxygen atoms in total. The van der Waals surface area contributed by atoms with Crippen LogP contribution < -0.4 is 15.2 Å². The summed E-state index contributed by atoms with van der Waals surface area (Å²) in [5.41, 5.74) is 5.70. The van der Waals surface area contributed by atoms with Gasteiger partial charge in [-0.15, -0.1) is 0 Å². The molecule has 0 saturated carbocycles. The van der Waals surface area contributed by atoms with Crippen LogP contribution in [0, 0.1) is 5.82 Å². The second kappa shape index (κ2) is 5.79. The fourth-order valence-corrected chi connectivity index (χ4v) is 3.05. The zero-order valence-electron chi connectivity index (χ0n) is 10.9. The summed E-state index contributed by atoms with van der Waals surface area (Å²) >= 11 is 5.72. The molecule has 2 rings (SSSR count). The Morgan fingerprint density at radius 1 is 1.24 bits per heavy atom. The van der Waals surface area contributed by atoms with Crippen molar-refractivity contribution in [2.24, 2.45) is 0 Å². The lowest BCUT2D eigenvalue weighted by molar-refractivity contribution is 0.386. The van der Waals surface area contributed by atoms with Crippen molar-refractivity contribution in [1.29, 1.82) is 0 Å². The lowest BCUT2D eigenvalue weighted by Crippen LogP contribution is -2.15. The Kier molecular flexibility index (Phi) is 4.24. The quantitative estimate of drug-likeness (QED) is 0.845. The largest absolute Gasteiger partial charge is 0.494 e. The van der Waals surface area contributed by atoms with Crippen molar-refractivity contribution in [2.45, 2.75) is 4.90 Å².